The summed E-state index contributed by atoms with van der Waals surface area (Å²) in [5.74, 6) is 0.184. The zero-order valence-corrected chi connectivity index (χ0v) is 13.2. The minimum absolute atomic E-state index is 0.184. The number of likely N-dealkylation sites (tertiary alicyclic amines) is 1. The average Bonchev–Trinajstić information content (AvgIpc) is 2.50. The van der Waals surface area contributed by atoms with Gasteiger partial charge in [-0.1, -0.05) is 6.07 Å². The molecule has 1 unspecified atom stereocenters. The second-order valence-electron chi connectivity index (χ2n) is 5.98. The highest BCUT2D eigenvalue weighted by Gasteiger charge is 2.22. The summed E-state index contributed by atoms with van der Waals surface area (Å²) in [7, 11) is 3.62. The molecule has 1 aliphatic rings. The highest BCUT2D eigenvalue weighted by atomic mass is 16.2. The Hall–Kier alpha value is -1.46. The number of amides is 1. The monoisotopic (exact) mass is 290 g/mol. The van der Waals surface area contributed by atoms with Gasteiger partial charge in [0.1, 0.15) is 0 Å². The molecule has 1 aliphatic heterocycles. The van der Waals surface area contributed by atoms with Gasteiger partial charge in [0.2, 0.25) is 5.91 Å². The molecule has 1 saturated heterocycles. The minimum atomic E-state index is 0.184. The molecule has 0 aromatic carbocycles. The van der Waals surface area contributed by atoms with Crippen LogP contribution >= 0.6 is 0 Å². The Bertz CT molecular complexity index is 441. The van der Waals surface area contributed by atoms with E-state index in [1.54, 1.807) is 4.90 Å². The Morgan fingerprint density at radius 3 is 2.71 bits per heavy atom. The van der Waals surface area contributed by atoms with Gasteiger partial charge < -0.3 is 10.2 Å². The first kappa shape index (κ1) is 15.9. The minimum Gasteiger partial charge on any atom is -0.348 e. The van der Waals surface area contributed by atoms with Crippen molar-refractivity contribution in [1.29, 1.82) is 0 Å². The SMILES string of the molecule is CC(NC1CCN(CC(=O)N(C)C)CC1)c1ccccn1. The summed E-state index contributed by atoms with van der Waals surface area (Å²) in [5.41, 5.74) is 1.09. The maximum Gasteiger partial charge on any atom is 0.236 e. The summed E-state index contributed by atoms with van der Waals surface area (Å²) >= 11 is 0. The van der Waals surface area contributed by atoms with Gasteiger partial charge in [-0.25, -0.2) is 0 Å². The third-order valence-corrected chi connectivity index (χ3v) is 4.06. The second kappa shape index (κ2) is 7.52. The molecular weight excluding hydrogens is 264 g/mol. The standard InChI is InChI=1S/C16H26N4O/c1-13(15-6-4-5-9-17-15)18-14-7-10-20(11-8-14)12-16(21)19(2)3/h4-6,9,13-14,18H,7-8,10-12H2,1-3H3. The lowest BCUT2D eigenvalue weighted by Crippen LogP contribution is -2.46. The summed E-state index contributed by atoms with van der Waals surface area (Å²) in [5, 5.41) is 3.65. The van der Waals surface area contributed by atoms with Gasteiger partial charge in [0.05, 0.1) is 12.2 Å². The van der Waals surface area contributed by atoms with E-state index in [0.29, 0.717) is 12.6 Å². The van der Waals surface area contributed by atoms with Crippen LogP contribution in [0.15, 0.2) is 24.4 Å². The van der Waals surface area contributed by atoms with Crippen LogP contribution in [0.3, 0.4) is 0 Å². The molecule has 2 rings (SSSR count). The molecule has 2 heterocycles. The summed E-state index contributed by atoms with van der Waals surface area (Å²) in [6.45, 7) is 4.65. The Kier molecular flexibility index (Phi) is 5.70. The molecule has 0 saturated carbocycles. The molecule has 0 radical (unpaired) electrons. The van der Waals surface area contributed by atoms with Crippen molar-refractivity contribution >= 4 is 5.91 Å². The number of pyridine rings is 1. The third-order valence-electron chi connectivity index (χ3n) is 4.06. The van der Waals surface area contributed by atoms with E-state index >= 15 is 0 Å². The van der Waals surface area contributed by atoms with Crippen LogP contribution < -0.4 is 5.32 Å². The lowest BCUT2D eigenvalue weighted by molar-refractivity contribution is -0.130. The van der Waals surface area contributed by atoms with Crippen molar-refractivity contribution in [3.8, 4) is 0 Å². The molecular formula is C16H26N4O. The van der Waals surface area contributed by atoms with Crippen molar-refractivity contribution in [2.45, 2.75) is 31.8 Å². The van der Waals surface area contributed by atoms with Gasteiger partial charge in [-0.05, 0) is 31.9 Å². The summed E-state index contributed by atoms with van der Waals surface area (Å²) in [6, 6.07) is 6.80. The van der Waals surface area contributed by atoms with Crippen LogP contribution in [-0.2, 0) is 4.79 Å². The largest absolute Gasteiger partial charge is 0.348 e. The number of nitrogens with zero attached hydrogens (tertiary/aromatic N) is 3. The summed E-state index contributed by atoms with van der Waals surface area (Å²) in [6.07, 6.45) is 4.00. The Morgan fingerprint density at radius 2 is 2.14 bits per heavy atom. The van der Waals surface area contributed by atoms with Crippen LogP contribution in [0.25, 0.3) is 0 Å². The Morgan fingerprint density at radius 1 is 1.43 bits per heavy atom. The van der Waals surface area contributed by atoms with Crippen molar-refractivity contribution in [2.75, 3.05) is 33.7 Å². The van der Waals surface area contributed by atoms with E-state index in [-0.39, 0.29) is 11.9 Å². The van der Waals surface area contributed by atoms with Crippen LogP contribution in [0.4, 0.5) is 0 Å². The van der Waals surface area contributed by atoms with Crippen LogP contribution in [0.2, 0.25) is 0 Å². The van der Waals surface area contributed by atoms with Crippen LogP contribution in [0.1, 0.15) is 31.5 Å². The van der Waals surface area contributed by atoms with E-state index in [0.717, 1.165) is 31.6 Å². The number of piperidine rings is 1. The first-order chi connectivity index (χ1) is 10.1. The van der Waals surface area contributed by atoms with Gasteiger partial charge in [-0.15, -0.1) is 0 Å². The Balaban J connectivity index is 1.75. The highest BCUT2D eigenvalue weighted by Crippen LogP contribution is 2.15. The summed E-state index contributed by atoms with van der Waals surface area (Å²) < 4.78 is 0. The van der Waals surface area contributed by atoms with Crippen molar-refractivity contribution in [2.24, 2.45) is 0 Å². The van der Waals surface area contributed by atoms with Gasteiger partial charge in [0, 0.05) is 45.5 Å². The smallest absolute Gasteiger partial charge is 0.236 e. The van der Waals surface area contributed by atoms with E-state index in [2.05, 4.69) is 28.2 Å². The topological polar surface area (TPSA) is 48.5 Å². The van der Waals surface area contributed by atoms with Crippen molar-refractivity contribution in [3.63, 3.8) is 0 Å². The zero-order valence-electron chi connectivity index (χ0n) is 13.2. The number of carbonyl (C=O) groups excluding carboxylic acids is 1. The Labute approximate surface area is 127 Å². The molecule has 5 heteroatoms. The number of hydrogen-bond donors (Lipinski definition) is 1. The zero-order chi connectivity index (χ0) is 15.2. The molecule has 1 aromatic rings. The molecule has 0 aliphatic carbocycles. The van der Waals surface area contributed by atoms with E-state index in [9.17, 15) is 4.79 Å². The number of likely N-dealkylation sites (N-methyl/N-ethyl adjacent to an activating group) is 1. The molecule has 1 N–H and O–H groups in total. The van der Waals surface area contributed by atoms with Gasteiger partial charge in [-0.3, -0.25) is 14.7 Å². The van der Waals surface area contributed by atoms with Crippen LogP contribution in [0, 0.1) is 0 Å². The number of nitrogens with one attached hydrogen (secondary N) is 1. The van der Waals surface area contributed by atoms with E-state index in [1.807, 2.05) is 32.4 Å². The van der Waals surface area contributed by atoms with E-state index in [1.165, 1.54) is 0 Å². The molecule has 1 fully saturated rings. The van der Waals surface area contributed by atoms with Crippen molar-refractivity contribution in [1.82, 2.24) is 20.1 Å². The lowest BCUT2D eigenvalue weighted by Gasteiger charge is -2.33. The normalized spacial score (nSPS) is 18.4. The molecule has 5 nitrogen and oxygen atoms in total. The number of aromatic nitrogens is 1. The quantitative estimate of drug-likeness (QED) is 0.887. The van der Waals surface area contributed by atoms with Crippen molar-refractivity contribution in [3.05, 3.63) is 30.1 Å². The predicted octanol–water partition coefficient (Wildman–Crippen LogP) is 1.28. The fourth-order valence-corrected chi connectivity index (χ4v) is 2.66. The molecule has 1 aromatic heterocycles. The molecule has 116 valence electrons. The average molecular weight is 290 g/mol. The maximum absolute atomic E-state index is 11.7. The lowest BCUT2D eigenvalue weighted by atomic mass is 10.0. The molecule has 0 bridgehead atoms. The predicted molar refractivity (Wildman–Crippen MR) is 83.9 cm³/mol. The first-order valence-electron chi connectivity index (χ1n) is 7.65. The maximum atomic E-state index is 11.7. The van der Waals surface area contributed by atoms with Crippen LogP contribution in [0.5, 0.6) is 0 Å². The fourth-order valence-electron chi connectivity index (χ4n) is 2.66. The van der Waals surface area contributed by atoms with Gasteiger partial charge in [0.25, 0.3) is 0 Å². The van der Waals surface area contributed by atoms with E-state index in [4.69, 9.17) is 0 Å². The molecule has 1 atom stereocenters. The third kappa shape index (κ3) is 4.79. The van der Waals surface area contributed by atoms with Gasteiger partial charge >= 0.3 is 0 Å². The van der Waals surface area contributed by atoms with Crippen LogP contribution in [-0.4, -0.2) is 60.5 Å². The first-order valence-corrected chi connectivity index (χ1v) is 7.65. The van der Waals surface area contributed by atoms with E-state index < -0.39 is 0 Å². The number of hydrogen-bond acceptors (Lipinski definition) is 4. The number of rotatable bonds is 5. The highest BCUT2D eigenvalue weighted by molar-refractivity contribution is 5.77. The van der Waals surface area contributed by atoms with Gasteiger partial charge in [0.15, 0.2) is 0 Å². The molecule has 21 heavy (non-hydrogen) atoms. The number of carbonyl (C=O) groups is 1. The fraction of sp³-hybridized carbons (Fsp3) is 0.625. The van der Waals surface area contributed by atoms with Gasteiger partial charge in [-0.2, -0.15) is 0 Å². The second-order valence-corrected chi connectivity index (χ2v) is 5.98. The summed E-state index contributed by atoms with van der Waals surface area (Å²) in [4.78, 5) is 20.0. The molecule has 1 amide bonds. The van der Waals surface area contributed by atoms with Crippen molar-refractivity contribution < 1.29 is 4.79 Å². The molecule has 0 spiro atoms.